The Morgan fingerprint density at radius 2 is 2.07 bits per heavy atom. The third-order valence-corrected chi connectivity index (χ3v) is 6.58. The first-order valence-corrected chi connectivity index (χ1v) is 10.4. The van der Waals surface area contributed by atoms with Gasteiger partial charge in [-0.3, -0.25) is 9.36 Å². The topological polar surface area (TPSA) is 55.2 Å². The van der Waals surface area contributed by atoms with Gasteiger partial charge < -0.3 is 4.90 Å². The van der Waals surface area contributed by atoms with Crippen LogP contribution in [0.5, 0.6) is 0 Å². The van der Waals surface area contributed by atoms with Crippen LogP contribution in [0.3, 0.4) is 0 Å². The lowest BCUT2D eigenvalue weighted by Gasteiger charge is -2.40. The van der Waals surface area contributed by atoms with E-state index in [0.29, 0.717) is 0 Å². The van der Waals surface area contributed by atoms with Crippen molar-refractivity contribution in [1.82, 2.24) is 9.55 Å². The molecule has 0 radical (unpaired) electrons. The Labute approximate surface area is 164 Å². The molecule has 1 aromatic carbocycles. The smallest absolute Gasteiger partial charge is 0.301 e. The maximum Gasteiger partial charge on any atom is 0.349 e. The van der Waals surface area contributed by atoms with Gasteiger partial charge in [-0.05, 0) is 18.4 Å². The van der Waals surface area contributed by atoms with E-state index >= 15 is 0 Å². The molecule has 8 heteroatoms. The van der Waals surface area contributed by atoms with Crippen molar-refractivity contribution in [2.45, 2.75) is 27.8 Å². The minimum atomic E-state index is -0.635. The normalized spacial score (nSPS) is 20.3. The predicted octanol–water partition coefficient (Wildman–Crippen LogP) is 3.11. The van der Waals surface area contributed by atoms with Crippen LogP contribution in [0.25, 0.3) is 0 Å². The minimum absolute atomic E-state index is 0.0937. The summed E-state index contributed by atoms with van der Waals surface area (Å²) in [5.41, 5.74) is 0.168. The minimum Gasteiger partial charge on any atom is -0.301 e. The fourth-order valence-corrected chi connectivity index (χ4v) is 5.16. The van der Waals surface area contributed by atoms with Crippen LogP contribution >= 0.6 is 23.5 Å². The first kappa shape index (κ1) is 18.1. The van der Waals surface area contributed by atoms with Gasteiger partial charge in [0.15, 0.2) is 5.82 Å². The summed E-state index contributed by atoms with van der Waals surface area (Å²) in [5.74, 6) is -0.884. The zero-order chi connectivity index (χ0) is 19.0. The standard InChI is InChI=1S/C19H16FN3O2S2/c1-26-18-12(20)10-21-19(25)22(18)11-17(24)23-13-6-2-4-8-15(13)27-16-9-5-3-7-14(16)23/h2-10,13,15H,11H2,1H3. The first-order valence-electron chi connectivity index (χ1n) is 8.32. The van der Waals surface area contributed by atoms with Gasteiger partial charge in [-0.25, -0.2) is 9.18 Å². The van der Waals surface area contributed by atoms with Crippen LogP contribution in [0.1, 0.15) is 0 Å². The van der Waals surface area contributed by atoms with E-state index in [1.165, 1.54) is 0 Å². The molecule has 1 aliphatic carbocycles. The molecule has 2 atom stereocenters. The number of thioether (sulfide) groups is 2. The van der Waals surface area contributed by atoms with Crippen LogP contribution in [-0.2, 0) is 11.3 Å². The Bertz CT molecular complexity index is 1020. The molecular formula is C19H16FN3O2S2. The highest BCUT2D eigenvalue weighted by atomic mass is 32.2. The third kappa shape index (κ3) is 3.23. The molecule has 0 saturated heterocycles. The maximum absolute atomic E-state index is 14.0. The number of anilines is 1. The molecule has 0 spiro atoms. The zero-order valence-electron chi connectivity index (χ0n) is 14.4. The summed E-state index contributed by atoms with van der Waals surface area (Å²) < 4.78 is 15.1. The Hall–Kier alpha value is -2.32. The number of carbonyl (C=O) groups excluding carboxylic acids is 1. The molecule has 0 fully saturated rings. The Kier molecular flexibility index (Phi) is 4.92. The molecule has 1 aliphatic heterocycles. The van der Waals surface area contributed by atoms with Crippen molar-refractivity contribution >= 4 is 35.1 Å². The molecule has 4 rings (SSSR count). The van der Waals surface area contributed by atoms with Gasteiger partial charge in [-0.15, -0.1) is 23.5 Å². The summed E-state index contributed by atoms with van der Waals surface area (Å²) in [5, 5.41) is 0.204. The van der Waals surface area contributed by atoms with Gasteiger partial charge in [-0.2, -0.15) is 4.98 Å². The van der Waals surface area contributed by atoms with Gasteiger partial charge >= 0.3 is 5.69 Å². The average Bonchev–Trinajstić information content (AvgIpc) is 2.69. The number of para-hydroxylation sites is 1. The molecular weight excluding hydrogens is 385 g/mol. The van der Waals surface area contributed by atoms with Gasteiger partial charge in [0.2, 0.25) is 5.91 Å². The van der Waals surface area contributed by atoms with Crippen LogP contribution < -0.4 is 10.6 Å². The van der Waals surface area contributed by atoms with Crippen molar-refractivity contribution in [3.8, 4) is 0 Å². The number of aromatic nitrogens is 2. The summed E-state index contributed by atoms with van der Waals surface area (Å²) in [4.78, 5) is 31.7. The highest BCUT2D eigenvalue weighted by Gasteiger charge is 2.36. The van der Waals surface area contributed by atoms with E-state index in [-0.39, 0.29) is 28.8 Å². The third-order valence-electron chi connectivity index (χ3n) is 4.47. The van der Waals surface area contributed by atoms with Crippen molar-refractivity contribution in [2.75, 3.05) is 11.2 Å². The van der Waals surface area contributed by atoms with Gasteiger partial charge in [0.25, 0.3) is 0 Å². The van der Waals surface area contributed by atoms with E-state index in [9.17, 15) is 14.0 Å². The Morgan fingerprint density at radius 1 is 1.30 bits per heavy atom. The van der Waals surface area contributed by atoms with Gasteiger partial charge in [0.05, 0.1) is 23.2 Å². The molecule has 138 valence electrons. The molecule has 5 nitrogen and oxygen atoms in total. The van der Waals surface area contributed by atoms with Gasteiger partial charge in [0, 0.05) is 4.90 Å². The summed E-state index contributed by atoms with van der Waals surface area (Å²) >= 11 is 2.79. The monoisotopic (exact) mass is 401 g/mol. The van der Waals surface area contributed by atoms with Crippen molar-refractivity contribution in [1.29, 1.82) is 0 Å². The fraction of sp³-hybridized carbons (Fsp3) is 0.211. The second-order valence-electron chi connectivity index (χ2n) is 6.06. The van der Waals surface area contributed by atoms with Crippen molar-refractivity contribution in [2.24, 2.45) is 0 Å². The number of benzene rings is 1. The van der Waals surface area contributed by atoms with Crippen LogP contribution in [0.2, 0.25) is 0 Å². The quantitative estimate of drug-likeness (QED) is 0.584. The van der Waals surface area contributed by atoms with Crippen LogP contribution in [0, 0.1) is 5.82 Å². The van der Waals surface area contributed by atoms with E-state index in [1.807, 2.05) is 42.5 Å². The molecule has 1 amide bonds. The summed E-state index contributed by atoms with van der Waals surface area (Å²) in [6.45, 7) is -0.264. The molecule has 0 bridgehead atoms. The van der Waals surface area contributed by atoms with Crippen molar-refractivity contribution < 1.29 is 9.18 Å². The van der Waals surface area contributed by atoms with Crippen molar-refractivity contribution in [3.05, 3.63) is 71.1 Å². The number of carbonyl (C=O) groups is 1. The second kappa shape index (κ2) is 7.36. The molecule has 2 unspecified atom stereocenters. The Balaban J connectivity index is 1.75. The number of nitrogens with zero attached hydrogens (tertiary/aromatic N) is 3. The molecule has 1 aromatic heterocycles. The fourth-order valence-electron chi connectivity index (χ4n) is 3.29. The number of hydrogen-bond acceptors (Lipinski definition) is 5. The molecule has 0 saturated carbocycles. The van der Waals surface area contributed by atoms with E-state index in [0.717, 1.165) is 33.1 Å². The highest BCUT2D eigenvalue weighted by molar-refractivity contribution is 8.00. The molecule has 2 aliphatic rings. The number of halogens is 1. The summed E-state index contributed by atoms with van der Waals surface area (Å²) in [6.07, 6.45) is 10.5. The number of rotatable bonds is 3. The van der Waals surface area contributed by atoms with Crippen LogP contribution in [-0.4, -0.2) is 33.0 Å². The first-order chi connectivity index (χ1) is 13.1. The van der Waals surface area contributed by atoms with E-state index < -0.39 is 11.5 Å². The number of amides is 1. The van der Waals surface area contributed by atoms with E-state index in [1.54, 1.807) is 22.9 Å². The lowest BCUT2D eigenvalue weighted by molar-refractivity contribution is -0.119. The average molecular weight is 401 g/mol. The highest BCUT2D eigenvalue weighted by Crippen LogP contribution is 2.43. The largest absolute Gasteiger partial charge is 0.349 e. The van der Waals surface area contributed by atoms with E-state index in [2.05, 4.69) is 11.1 Å². The number of hydrogen-bond donors (Lipinski definition) is 0. The number of allylic oxidation sites excluding steroid dienone is 2. The molecule has 27 heavy (non-hydrogen) atoms. The lowest BCUT2D eigenvalue weighted by atomic mass is 10.0. The maximum atomic E-state index is 14.0. The molecule has 2 heterocycles. The Morgan fingerprint density at radius 3 is 2.89 bits per heavy atom. The summed E-state index contributed by atoms with van der Waals surface area (Å²) in [6, 6.07) is 7.53. The van der Waals surface area contributed by atoms with Crippen molar-refractivity contribution in [3.63, 3.8) is 0 Å². The molecule has 2 aromatic rings. The van der Waals surface area contributed by atoms with Gasteiger partial charge in [0.1, 0.15) is 11.6 Å². The predicted molar refractivity (Wildman–Crippen MR) is 106 cm³/mol. The summed E-state index contributed by atoms with van der Waals surface area (Å²) in [7, 11) is 0. The second-order valence-corrected chi connectivity index (χ2v) is 8.07. The molecule has 0 N–H and O–H groups in total. The lowest BCUT2D eigenvalue weighted by Crippen LogP contribution is -2.49. The SMILES string of the molecule is CSc1c(F)cnc(=O)n1CC(=O)N1c2ccccc2SC2C=CC=CC21. The van der Waals surface area contributed by atoms with E-state index in [4.69, 9.17) is 0 Å². The van der Waals surface area contributed by atoms with Crippen LogP contribution in [0.4, 0.5) is 10.1 Å². The number of fused-ring (bicyclic) bond motifs is 2. The van der Waals surface area contributed by atoms with Crippen LogP contribution in [0.15, 0.2) is 69.5 Å². The van der Waals surface area contributed by atoms with Gasteiger partial charge in [-0.1, -0.05) is 36.4 Å². The zero-order valence-corrected chi connectivity index (χ0v) is 16.0.